The smallest absolute Gasteiger partial charge is 0.343 e. The lowest BCUT2D eigenvalue weighted by Gasteiger charge is -2.30. The molecule has 1 fully saturated rings. The minimum atomic E-state index is -0.745. The van der Waals surface area contributed by atoms with E-state index < -0.39 is 29.2 Å². The van der Waals surface area contributed by atoms with Gasteiger partial charge in [-0.3, -0.25) is 9.59 Å². The molecule has 0 aromatic carbocycles. The van der Waals surface area contributed by atoms with Crippen LogP contribution in [0.25, 0.3) is 0 Å². The Morgan fingerprint density at radius 2 is 1.92 bits per heavy atom. The summed E-state index contributed by atoms with van der Waals surface area (Å²) in [6.45, 7) is 0. The molecule has 2 rings (SSSR count). The zero-order valence-corrected chi connectivity index (χ0v) is 14.0. The third-order valence-corrected chi connectivity index (χ3v) is 4.71. The lowest BCUT2D eigenvalue weighted by atomic mass is 9.75. The van der Waals surface area contributed by atoms with Crippen LogP contribution in [-0.4, -0.2) is 36.2 Å². The number of nitrogens with one attached hydrogen (secondary N) is 1. The van der Waals surface area contributed by atoms with Gasteiger partial charge in [-0.2, -0.15) is 0 Å². The van der Waals surface area contributed by atoms with Gasteiger partial charge in [-0.1, -0.05) is 19.3 Å². The molecule has 0 radical (unpaired) electrons. The molecule has 1 aliphatic rings. The molecule has 0 aliphatic heterocycles. The minimum absolute atomic E-state index is 0.0115. The number of carbonyl (C=O) groups is 2. The van der Waals surface area contributed by atoms with E-state index in [4.69, 9.17) is 4.74 Å². The van der Waals surface area contributed by atoms with Gasteiger partial charge in [0.15, 0.2) is 0 Å². The number of hydrogen-bond acceptors (Lipinski definition) is 6. The summed E-state index contributed by atoms with van der Waals surface area (Å²) in [4.78, 5) is 38.4. The average molecular weight is 337 g/mol. The van der Waals surface area contributed by atoms with Crippen LogP contribution in [0, 0.1) is 5.92 Å². The Kier molecular flexibility index (Phi) is 6.00. The Morgan fingerprint density at radius 1 is 1.25 bits per heavy atom. The lowest BCUT2D eigenvalue weighted by Crippen LogP contribution is -2.27. The number of esters is 2. The summed E-state index contributed by atoms with van der Waals surface area (Å²) in [5.74, 6) is -2.02. The van der Waals surface area contributed by atoms with Gasteiger partial charge < -0.3 is 19.6 Å². The third-order valence-electron chi connectivity index (χ3n) is 4.71. The van der Waals surface area contributed by atoms with E-state index in [0.29, 0.717) is 0 Å². The first kappa shape index (κ1) is 18.0. The van der Waals surface area contributed by atoms with Crippen LogP contribution in [0.15, 0.2) is 11.0 Å². The molecule has 0 saturated heterocycles. The molecular formula is C17H23NO6. The van der Waals surface area contributed by atoms with Gasteiger partial charge >= 0.3 is 11.9 Å². The second-order valence-corrected chi connectivity index (χ2v) is 6.07. The standard InChI is InChI=1S/C17H23NO6/c1-23-13(19)8-11(10-6-4-3-5-7-10)14-15(20)12(17(22)24-2)9-18-16(14)21/h9-11H,3-8H2,1-2H3,(H2,18,20,21)/t11-/m0/s1. The highest BCUT2D eigenvalue weighted by Gasteiger charge is 2.33. The summed E-state index contributed by atoms with van der Waals surface area (Å²) < 4.78 is 9.37. The Hall–Kier alpha value is -2.31. The summed E-state index contributed by atoms with van der Waals surface area (Å²) >= 11 is 0. The molecule has 132 valence electrons. The van der Waals surface area contributed by atoms with Crippen molar-refractivity contribution in [3.8, 4) is 5.75 Å². The van der Waals surface area contributed by atoms with Crippen molar-refractivity contribution in [1.29, 1.82) is 0 Å². The molecule has 24 heavy (non-hydrogen) atoms. The topological polar surface area (TPSA) is 106 Å². The molecule has 0 unspecified atom stereocenters. The van der Waals surface area contributed by atoms with Crippen LogP contribution in [0.2, 0.25) is 0 Å². The predicted molar refractivity (Wildman–Crippen MR) is 86.0 cm³/mol. The molecule has 2 N–H and O–H groups in total. The number of aromatic hydroxyl groups is 1. The molecule has 0 spiro atoms. The number of aromatic nitrogens is 1. The van der Waals surface area contributed by atoms with E-state index >= 15 is 0 Å². The summed E-state index contributed by atoms with van der Waals surface area (Å²) in [7, 11) is 2.48. The van der Waals surface area contributed by atoms with Crippen molar-refractivity contribution in [3.05, 3.63) is 27.7 Å². The van der Waals surface area contributed by atoms with Crippen LogP contribution in [-0.2, 0) is 14.3 Å². The minimum Gasteiger partial charge on any atom is -0.506 e. The van der Waals surface area contributed by atoms with Crippen molar-refractivity contribution in [1.82, 2.24) is 4.98 Å². The van der Waals surface area contributed by atoms with Crippen LogP contribution in [0.3, 0.4) is 0 Å². The Bertz CT molecular complexity index is 660. The van der Waals surface area contributed by atoms with Gasteiger partial charge in [-0.15, -0.1) is 0 Å². The molecule has 1 aliphatic carbocycles. The number of aromatic amines is 1. The van der Waals surface area contributed by atoms with Gasteiger partial charge in [0, 0.05) is 12.1 Å². The second-order valence-electron chi connectivity index (χ2n) is 6.07. The highest BCUT2D eigenvalue weighted by atomic mass is 16.5. The van der Waals surface area contributed by atoms with E-state index in [0.717, 1.165) is 38.3 Å². The summed E-state index contributed by atoms with van der Waals surface area (Å²) in [5.41, 5.74) is -0.549. The van der Waals surface area contributed by atoms with Crippen molar-refractivity contribution >= 4 is 11.9 Å². The largest absolute Gasteiger partial charge is 0.506 e. The van der Waals surface area contributed by atoms with Crippen molar-refractivity contribution in [2.45, 2.75) is 44.4 Å². The molecule has 1 atom stereocenters. The van der Waals surface area contributed by atoms with Crippen molar-refractivity contribution < 1.29 is 24.2 Å². The number of H-pyrrole nitrogens is 1. The van der Waals surface area contributed by atoms with Gasteiger partial charge in [0.05, 0.1) is 26.2 Å². The molecule has 1 aromatic rings. The van der Waals surface area contributed by atoms with Gasteiger partial charge in [0.1, 0.15) is 11.3 Å². The second kappa shape index (κ2) is 7.99. The summed E-state index contributed by atoms with van der Waals surface area (Å²) in [6.07, 6.45) is 5.98. The quantitative estimate of drug-likeness (QED) is 0.797. The Labute approximate surface area is 140 Å². The summed E-state index contributed by atoms with van der Waals surface area (Å²) in [5, 5.41) is 10.5. The monoisotopic (exact) mass is 337 g/mol. The highest BCUT2D eigenvalue weighted by Crippen LogP contribution is 2.40. The maximum Gasteiger partial charge on any atom is 0.343 e. The number of ether oxygens (including phenoxy) is 2. The molecule has 1 saturated carbocycles. The maximum absolute atomic E-state index is 12.3. The van der Waals surface area contributed by atoms with Crippen molar-refractivity contribution in [2.75, 3.05) is 14.2 Å². The van der Waals surface area contributed by atoms with Gasteiger partial charge in [0.25, 0.3) is 5.56 Å². The average Bonchev–Trinajstić information content (AvgIpc) is 2.60. The fraction of sp³-hybridized carbons (Fsp3) is 0.588. The normalized spacial score (nSPS) is 16.4. The number of rotatable bonds is 5. The molecule has 7 heteroatoms. The zero-order valence-electron chi connectivity index (χ0n) is 14.0. The zero-order chi connectivity index (χ0) is 17.7. The number of methoxy groups -OCH3 is 2. The molecular weight excluding hydrogens is 314 g/mol. The van der Waals surface area contributed by atoms with E-state index in [2.05, 4.69) is 9.72 Å². The van der Waals surface area contributed by atoms with Gasteiger partial charge in [0.2, 0.25) is 0 Å². The van der Waals surface area contributed by atoms with Crippen molar-refractivity contribution in [3.63, 3.8) is 0 Å². The molecule has 0 amide bonds. The van der Waals surface area contributed by atoms with Crippen LogP contribution in [0.4, 0.5) is 0 Å². The Balaban J connectivity index is 2.49. The van der Waals surface area contributed by atoms with E-state index in [1.807, 2.05) is 0 Å². The highest BCUT2D eigenvalue weighted by molar-refractivity contribution is 5.92. The van der Waals surface area contributed by atoms with Crippen molar-refractivity contribution in [2.24, 2.45) is 5.92 Å². The van der Waals surface area contributed by atoms with Crippen LogP contribution in [0.5, 0.6) is 5.75 Å². The number of hydrogen-bond donors (Lipinski definition) is 2. The first-order chi connectivity index (χ1) is 11.5. The van der Waals surface area contributed by atoms with Gasteiger partial charge in [-0.25, -0.2) is 4.79 Å². The van der Waals surface area contributed by atoms with Gasteiger partial charge in [-0.05, 0) is 18.8 Å². The molecule has 7 nitrogen and oxygen atoms in total. The number of carbonyl (C=O) groups excluding carboxylic acids is 2. The third kappa shape index (κ3) is 3.77. The SMILES string of the molecule is COC(=O)C[C@H](c1c(O)c(C(=O)OC)c[nH]c1=O)C1CCCCC1. The van der Waals surface area contributed by atoms with E-state index in [9.17, 15) is 19.5 Å². The fourth-order valence-electron chi connectivity index (χ4n) is 3.45. The van der Waals surface area contributed by atoms with E-state index in [1.54, 1.807) is 0 Å². The molecule has 1 aromatic heterocycles. The first-order valence-corrected chi connectivity index (χ1v) is 8.09. The predicted octanol–water partition coefficient (Wildman–Crippen LogP) is 2.09. The van der Waals surface area contributed by atoms with Crippen LogP contribution < -0.4 is 5.56 Å². The molecule has 0 bridgehead atoms. The first-order valence-electron chi connectivity index (χ1n) is 8.09. The summed E-state index contributed by atoms with van der Waals surface area (Å²) in [6, 6.07) is 0. The Morgan fingerprint density at radius 3 is 2.50 bits per heavy atom. The molecule has 1 heterocycles. The van der Waals surface area contributed by atoms with E-state index in [1.165, 1.54) is 14.2 Å². The van der Waals surface area contributed by atoms with Crippen LogP contribution in [0.1, 0.15) is 60.4 Å². The maximum atomic E-state index is 12.3. The lowest BCUT2D eigenvalue weighted by molar-refractivity contribution is -0.141. The fourth-order valence-corrected chi connectivity index (χ4v) is 3.45. The number of pyridine rings is 1. The van der Waals surface area contributed by atoms with Crippen LogP contribution >= 0.6 is 0 Å². The van der Waals surface area contributed by atoms with E-state index in [-0.39, 0.29) is 23.5 Å².